The van der Waals surface area contributed by atoms with Crippen molar-refractivity contribution in [1.29, 1.82) is 0 Å². The van der Waals surface area contributed by atoms with E-state index in [0.29, 0.717) is 13.0 Å². The molecule has 0 unspecified atom stereocenters. The maximum Gasteiger partial charge on any atom is 0.221 e. The molecule has 0 aromatic carbocycles. The molecule has 3 N–H and O–H groups in total. The first-order chi connectivity index (χ1) is 10.8. The number of aromatic nitrogens is 2. The molecular formula is C15H29IN6O. The number of carbonyl (C=O) groups excluding carboxylic acids is 1. The molecule has 8 heteroatoms. The fourth-order valence-electron chi connectivity index (χ4n) is 1.85. The van der Waals surface area contributed by atoms with Gasteiger partial charge >= 0.3 is 0 Å². The van der Waals surface area contributed by atoms with Gasteiger partial charge in [0.25, 0.3) is 0 Å². The van der Waals surface area contributed by atoms with Crippen molar-refractivity contribution in [2.75, 3.05) is 26.2 Å². The molecule has 0 aliphatic heterocycles. The van der Waals surface area contributed by atoms with Gasteiger partial charge in [-0.1, -0.05) is 6.92 Å². The molecule has 7 nitrogen and oxygen atoms in total. The largest absolute Gasteiger partial charge is 0.357 e. The minimum Gasteiger partial charge on any atom is -0.357 e. The summed E-state index contributed by atoms with van der Waals surface area (Å²) in [7, 11) is 0. The first-order valence-corrected chi connectivity index (χ1v) is 8.02. The molecule has 0 saturated carbocycles. The van der Waals surface area contributed by atoms with Crippen LogP contribution in [0.5, 0.6) is 0 Å². The number of aryl methyl sites for hydroxylation is 1. The monoisotopic (exact) mass is 436 g/mol. The molecule has 1 aromatic rings. The normalized spacial score (nSPS) is 10.8. The summed E-state index contributed by atoms with van der Waals surface area (Å²) in [5.41, 5.74) is 0. The Hall–Kier alpha value is -1.32. The molecule has 0 bridgehead atoms. The van der Waals surface area contributed by atoms with E-state index in [-0.39, 0.29) is 29.9 Å². The number of nitrogens with zero attached hydrogens (tertiary/aromatic N) is 3. The van der Waals surface area contributed by atoms with Crippen molar-refractivity contribution < 1.29 is 4.79 Å². The van der Waals surface area contributed by atoms with Gasteiger partial charge in [-0.3, -0.25) is 14.5 Å². The molecule has 0 aliphatic carbocycles. The summed E-state index contributed by atoms with van der Waals surface area (Å²) in [5, 5.41) is 13.4. The van der Waals surface area contributed by atoms with Crippen LogP contribution < -0.4 is 16.0 Å². The van der Waals surface area contributed by atoms with E-state index in [1.807, 2.05) is 30.8 Å². The highest BCUT2D eigenvalue weighted by molar-refractivity contribution is 14.0. The molecule has 1 rings (SSSR count). The van der Waals surface area contributed by atoms with Gasteiger partial charge in [-0.25, -0.2) is 0 Å². The number of rotatable bonds is 10. The number of nitrogens with one attached hydrogen (secondary N) is 3. The number of halogens is 1. The Kier molecular flexibility index (Phi) is 13.5. The summed E-state index contributed by atoms with van der Waals surface area (Å²) in [6, 6.07) is 1.92. The zero-order valence-electron chi connectivity index (χ0n) is 14.0. The van der Waals surface area contributed by atoms with Crippen LogP contribution in [0.15, 0.2) is 23.5 Å². The van der Waals surface area contributed by atoms with Crippen LogP contribution in [0.4, 0.5) is 0 Å². The van der Waals surface area contributed by atoms with Crippen LogP contribution in [0.3, 0.4) is 0 Å². The van der Waals surface area contributed by atoms with E-state index in [4.69, 9.17) is 0 Å². The molecule has 0 spiro atoms. The Bertz CT molecular complexity index is 435. The lowest BCUT2D eigenvalue weighted by Gasteiger charge is -2.11. The lowest BCUT2D eigenvalue weighted by atomic mass is 10.4. The molecule has 0 fully saturated rings. The summed E-state index contributed by atoms with van der Waals surface area (Å²) < 4.78 is 1.90. The van der Waals surface area contributed by atoms with E-state index < -0.39 is 0 Å². The Labute approximate surface area is 155 Å². The van der Waals surface area contributed by atoms with Gasteiger partial charge in [0, 0.05) is 51.5 Å². The number of carbonyl (C=O) groups is 1. The van der Waals surface area contributed by atoms with E-state index in [0.717, 1.165) is 45.0 Å². The van der Waals surface area contributed by atoms with Crippen LogP contribution in [-0.4, -0.2) is 47.8 Å². The number of aliphatic imine (C=N–C) groups is 1. The van der Waals surface area contributed by atoms with Gasteiger partial charge < -0.3 is 16.0 Å². The molecular weight excluding hydrogens is 407 g/mol. The van der Waals surface area contributed by atoms with Crippen molar-refractivity contribution in [1.82, 2.24) is 25.7 Å². The van der Waals surface area contributed by atoms with Gasteiger partial charge in [-0.2, -0.15) is 5.10 Å². The zero-order valence-corrected chi connectivity index (χ0v) is 16.4. The average molecular weight is 436 g/mol. The summed E-state index contributed by atoms with van der Waals surface area (Å²) in [4.78, 5) is 16.0. The second kappa shape index (κ2) is 14.3. The zero-order chi connectivity index (χ0) is 16.0. The van der Waals surface area contributed by atoms with Crippen molar-refractivity contribution in [3.05, 3.63) is 18.5 Å². The summed E-state index contributed by atoms with van der Waals surface area (Å²) in [5.74, 6) is 0.829. The minimum atomic E-state index is 0. The van der Waals surface area contributed by atoms with Gasteiger partial charge in [0.1, 0.15) is 0 Å². The van der Waals surface area contributed by atoms with Crippen LogP contribution in [0.2, 0.25) is 0 Å². The van der Waals surface area contributed by atoms with Crippen LogP contribution in [-0.2, 0) is 11.3 Å². The molecule has 132 valence electrons. The summed E-state index contributed by atoms with van der Waals surface area (Å²) in [6.07, 6.45) is 6.06. The second-order valence-corrected chi connectivity index (χ2v) is 4.91. The van der Waals surface area contributed by atoms with Crippen molar-refractivity contribution in [3.8, 4) is 0 Å². The van der Waals surface area contributed by atoms with Gasteiger partial charge in [-0.05, 0) is 25.8 Å². The number of amides is 1. The van der Waals surface area contributed by atoms with Crippen molar-refractivity contribution in [3.63, 3.8) is 0 Å². The maximum atomic E-state index is 11.5. The van der Waals surface area contributed by atoms with E-state index in [1.165, 1.54) is 0 Å². The molecule has 0 radical (unpaired) electrons. The number of guanidine groups is 1. The van der Waals surface area contributed by atoms with Crippen molar-refractivity contribution in [2.45, 2.75) is 39.7 Å². The van der Waals surface area contributed by atoms with Gasteiger partial charge in [0.15, 0.2) is 5.96 Å². The maximum absolute atomic E-state index is 11.5. The highest BCUT2D eigenvalue weighted by Crippen LogP contribution is 1.90. The van der Waals surface area contributed by atoms with Gasteiger partial charge in [0.2, 0.25) is 5.91 Å². The lowest BCUT2D eigenvalue weighted by molar-refractivity contribution is -0.120. The van der Waals surface area contributed by atoms with Gasteiger partial charge in [0.05, 0.1) is 0 Å². The Balaban J connectivity index is 0.00000484. The van der Waals surface area contributed by atoms with E-state index >= 15 is 0 Å². The lowest BCUT2D eigenvalue weighted by Crippen LogP contribution is -2.39. The second-order valence-electron chi connectivity index (χ2n) is 4.91. The average Bonchev–Trinajstić information content (AvgIpc) is 3.02. The van der Waals surface area contributed by atoms with E-state index in [1.54, 1.807) is 6.20 Å². The highest BCUT2D eigenvalue weighted by atomic mass is 127. The Morgan fingerprint density at radius 1 is 1.22 bits per heavy atom. The van der Waals surface area contributed by atoms with Crippen LogP contribution in [0, 0.1) is 0 Å². The highest BCUT2D eigenvalue weighted by Gasteiger charge is 2.01. The topological polar surface area (TPSA) is 83.3 Å². The van der Waals surface area contributed by atoms with E-state index in [2.05, 4.69) is 26.0 Å². The van der Waals surface area contributed by atoms with E-state index in [9.17, 15) is 4.79 Å². The van der Waals surface area contributed by atoms with Crippen molar-refractivity contribution >= 4 is 35.8 Å². The fraction of sp³-hybridized carbons (Fsp3) is 0.667. The number of hydrogen-bond acceptors (Lipinski definition) is 3. The van der Waals surface area contributed by atoms with Gasteiger partial charge in [-0.15, -0.1) is 24.0 Å². The molecule has 1 amide bonds. The molecule has 0 atom stereocenters. The number of hydrogen-bond donors (Lipinski definition) is 3. The Morgan fingerprint density at radius 3 is 2.70 bits per heavy atom. The van der Waals surface area contributed by atoms with Crippen molar-refractivity contribution in [2.24, 2.45) is 4.99 Å². The summed E-state index contributed by atoms with van der Waals surface area (Å²) >= 11 is 0. The summed E-state index contributed by atoms with van der Waals surface area (Å²) in [6.45, 7) is 7.76. The van der Waals surface area contributed by atoms with Crippen LogP contribution >= 0.6 is 24.0 Å². The van der Waals surface area contributed by atoms with Crippen LogP contribution in [0.25, 0.3) is 0 Å². The SMILES string of the molecule is CCCNC(=O)CCNC(=NCCCn1cccn1)NCC.I. The molecule has 1 aromatic heterocycles. The third-order valence-corrected chi connectivity index (χ3v) is 2.94. The molecule has 0 saturated heterocycles. The first kappa shape index (κ1) is 21.7. The third-order valence-electron chi connectivity index (χ3n) is 2.94. The Morgan fingerprint density at radius 2 is 2.04 bits per heavy atom. The predicted molar refractivity (Wildman–Crippen MR) is 104 cm³/mol. The first-order valence-electron chi connectivity index (χ1n) is 8.02. The smallest absolute Gasteiger partial charge is 0.221 e. The third kappa shape index (κ3) is 10.9. The predicted octanol–water partition coefficient (Wildman–Crippen LogP) is 1.36. The minimum absolute atomic E-state index is 0. The standard InChI is InChI=1S/C15H28N6O.HI/c1-3-8-17-14(22)7-11-19-15(16-4-2)18-9-5-12-21-13-6-10-20-21;/h6,10,13H,3-5,7-9,11-12H2,1-2H3,(H,17,22)(H2,16,18,19);1H. The molecule has 1 heterocycles. The fourth-order valence-corrected chi connectivity index (χ4v) is 1.85. The quantitative estimate of drug-likeness (QED) is 0.224. The van der Waals surface area contributed by atoms with Crippen LogP contribution in [0.1, 0.15) is 33.1 Å². The molecule has 0 aliphatic rings. The molecule has 23 heavy (non-hydrogen) atoms.